The summed E-state index contributed by atoms with van der Waals surface area (Å²) in [6.07, 6.45) is 0. The minimum absolute atomic E-state index is 0.180. The molecule has 1 unspecified atom stereocenters. The van der Waals surface area contributed by atoms with Crippen LogP contribution in [-0.2, 0) is 4.79 Å². The molecule has 2 N–H and O–H groups in total. The molecule has 1 heterocycles. The first-order chi connectivity index (χ1) is 8.47. The van der Waals surface area contributed by atoms with E-state index >= 15 is 0 Å². The molecule has 1 aliphatic heterocycles. The summed E-state index contributed by atoms with van der Waals surface area (Å²) in [4.78, 5) is 16.1. The molecule has 1 aromatic carbocycles. The number of hydrogen-bond donors (Lipinski definition) is 2. The second-order valence-corrected chi connectivity index (χ2v) is 5.19. The van der Waals surface area contributed by atoms with Gasteiger partial charge in [-0.3, -0.25) is 10.1 Å². The number of amides is 1. The molecule has 6 heteroatoms. The average molecular weight is 314 g/mol. The van der Waals surface area contributed by atoms with Gasteiger partial charge in [0.05, 0.1) is 0 Å². The van der Waals surface area contributed by atoms with E-state index in [-0.39, 0.29) is 17.8 Å². The molecule has 1 amide bonds. The summed E-state index contributed by atoms with van der Waals surface area (Å²) in [6, 6.07) is 3.74. The third-order valence-electron chi connectivity index (χ3n) is 2.43. The molecular formula is C12H13BrFN3O. The number of hydrogen-bond acceptors (Lipinski definition) is 3. The summed E-state index contributed by atoms with van der Waals surface area (Å²) in [5, 5.41) is 5.69. The third kappa shape index (κ3) is 2.69. The Bertz CT molecular complexity index is 516. The number of rotatable bonds is 2. The quantitative estimate of drug-likeness (QED) is 0.878. The summed E-state index contributed by atoms with van der Waals surface area (Å²) >= 11 is 3.25. The highest BCUT2D eigenvalue weighted by Crippen LogP contribution is 2.28. The smallest absolute Gasteiger partial charge is 0.256 e. The second kappa shape index (κ2) is 5.06. The maximum atomic E-state index is 13.0. The van der Waals surface area contributed by atoms with Crippen LogP contribution in [0.2, 0.25) is 0 Å². The molecule has 0 aromatic heterocycles. The lowest BCUT2D eigenvalue weighted by Gasteiger charge is -2.07. The summed E-state index contributed by atoms with van der Waals surface area (Å²) in [5.74, 6) is -0.116. The first kappa shape index (κ1) is 13.0. The molecule has 18 heavy (non-hydrogen) atoms. The third-order valence-corrected chi connectivity index (χ3v) is 3.12. The molecule has 96 valence electrons. The van der Waals surface area contributed by atoms with Crippen LogP contribution in [0.1, 0.15) is 25.5 Å². The van der Waals surface area contributed by atoms with Crippen molar-refractivity contribution in [2.24, 2.45) is 4.99 Å². The standard InChI is InChI=1S/C12H13BrFN3O/c1-6(2)15-12-16-10(11(18)17-12)8-4-3-7(14)5-9(8)13/h3-6,10H,1-2H3,(H2,15,16,17,18). The molecule has 0 saturated carbocycles. The molecule has 0 bridgehead atoms. The summed E-state index contributed by atoms with van der Waals surface area (Å²) < 4.78 is 13.5. The molecule has 1 aromatic rings. The lowest BCUT2D eigenvalue weighted by atomic mass is 10.1. The van der Waals surface area contributed by atoms with Crippen LogP contribution in [0.4, 0.5) is 4.39 Å². The van der Waals surface area contributed by atoms with Crippen molar-refractivity contribution in [1.29, 1.82) is 0 Å². The van der Waals surface area contributed by atoms with Gasteiger partial charge in [-0.25, -0.2) is 9.38 Å². The monoisotopic (exact) mass is 313 g/mol. The molecule has 2 rings (SSSR count). The predicted molar refractivity (Wildman–Crippen MR) is 70.7 cm³/mol. The lowest BCUT2D eigenvalue weighted by molar-refractivity contribution is -0.120. The van der Waals surface area contributed by atoms with Crippen molar-refractivity contribution < 1.29 is 9.18 Å². The van der Waals surface area contributed by atoms with Crippen molar-refractivity contribution in [2.45, 2.75) is 25.9 Å². The highest BCUT2D eigenvalue weighted by atomic mass is 79.9. The number of benzene rings is 1. The Hall–Kier alpha value is -1.43. The summed E-state index contributed by atoms with van der Waals surface area (Å²) in [5.41, 5.74) is 0.648. The number of nitrogens with zero attached hydrogens (tertiary/aromatic N) is 1. The van der Waals surface area contributed by atoms with Gasteiger partial charge in [-0.1, -0.05) is 22.0 Å². The fraction of sp³-hybridized carbons (Fsp3) is 0.333. The minimum atomic E-state index is -0.638. The normalized spacial score (nSPS) is 18.8. The number of halogens is 2. The second-order valence-electron chi connectivity index (χ2n) is 4.33. The molecule has 0 spiro atoms. The van der Waals surface area contributed by atoms with Crippen LogP contribution >= 0.6 is 15.9 Å². The summed E-state index contributed by atoms with van der Waals surface area (Å²) in [6.45, 7) is 3.91. The highest BCUT2D eigenvalue weighted by Gasteiger charge is 2.29. The van der Waals surface area contributed by atoms with Gasteiger partial charge in [-0.15, -0.1) is 0 Å². The summed E-state index contributed by atoms with van der Waals surface area (Å²) in [7, 11) is 0. The maximum absolute atomic E-state index is 13.0. The Morgan fingerprint density at radius 1 is 1.50 bits per heavy atom. The fourth-order valence-electron chi connectivity index (χ4n) is 1.69. The van der Waals surface area contributed by atoms with Crippen molar-refractivity contribution in [3.05, 3.63) is 34.1 Å². The zero-order chi connectivity index (χ0) is 13.3. The minimum Gasteiger partial charge on any atom is -0.354 e. The van der Waals surface area contributed by atoms with Crippen molar-refractivity contribution >= 4 is 27.8 Å². The van der Waals surface area contributed by atoms with Gasteiger partial charge < -0.3 is 5.32 Å². The zero-order valence-electron chi connectivity index (χ0n) is 10.00. The number of carbonyl (C=O) groups is 1. The Labute approximate surface area is 113 Å². The van der Waals surface area contributed by atoms with Crippen LogP contribution in [-0.4, -0.2) is 17.9 Å². The van der Waals surface area contributed by atoms with Gasteiger partial charge >= 0.3 is 0 Å². The average Bonchev–Trinajstić information content (AvgIpc) is 2.58. The van der Waals surface area contributed by atoms with Crippen LogP contribution < -0.4 is 10.6 Å². The van der Waals surface area contributed by atoms with Crippen molar-refractivity contribution in [1.82, 2.24) is 10.6 Å². The molecule has 0 aliphatic carbocycles. The first-order valence-electron chi connectivity index (χ1n) is 5.57. The van der Waals surface area contributed by atoms with Gasteiger partial charge in [0.1, 0.15) is 5.82 Å². The molecule has 4 nitrogen and oxygen atoms in total. The van der Waals surface area contributed by atoms with Gasteiger partial charge in [0.2, 0.25) is 0 Å². The van der Waals surface area contributed by atoms with Gasteiger partial charge in [0, 0.05) is 16.1 Å². The SMILES string of the molecule is CC(C)NC1=NC(c2ccc(F)cc2Br)C(=O)N1. The van der Waals surface area contributed by atoms with E-state index in [0.29, 0.717) is 16.0 Å². The van der Waals surface area contributed by atoms with Crippen molar-refractivity contribution in [3.8, 4) is 0 Å². The van der Waals surface area contributed by atoms with Crippen LogP contribution in [0.5, 0.6) is 0 Å². The Balaban J connectivity index is 2.27. The number of carbonyl (C=O) groups excluding carboxylic acids is 1. The van der Waals surface area contributed by atoms with Crippen LogP contribution in [0, 0.1) is 5.82 Å². The first-order valence-corrected chi connectivity index (χ1v) is 6.37. The molecule has 1 atom stereocenters. The van der Waals surface area contributed by atoms with Gasteiger partial charge in [-0.05, 0) is 26.0 Å². The van der Waals surface area contributed by atoms with Crippen molar-refractivity contribution in [2.75, 3.05) is 0 Å². The molecule has 0 radical (unpaired) electrons. The number of aliphatic imine (C=N–C) groups is 1. The highest BCUT2D eigenvalue weighted by molar-refractivity contribution is 9.10. The Morgan fingerprint density at radius 2 is 2.22 bits per heavy atom. The molecular weight excluding hydrogens is 301 g/mol. The van der Waals surface area contributed by atoms with E-state index in [4.69, 9.17) is 0 Å². The van der Waals surface area contributed by atoms with E-state index in [0.717, 1.165) is 0 Å². The van der Waals surface area contributed by atoms with Gasteiger partial charge in [0.25, 0.3) is 5.91 Å². The van der Waals surface area contributed by atoms with E-state index in [2.05, 4.69) is 31.6 Å². The predicted octanol–water partition coefficient (Wildman–Crippen LogP) is 2.11. The van der Waals surface area contributed by atoms with Gasteiger partial charge in [0.15, 0.2) is 12.0 Å². The topological polar surface area (TPSA) is 53.5 Å². The van der Waals surface area contributed by atoms with E-state index in [1.807, 2.05) is 13.8 Å². The maximum Gasteiger partial charge on any atom is 0.256 e. The van der Waals surface area contributed by atoms with Crippen LogP contribution in [0.3, 0.4) is 0 Å². The van der Waals surface area contributed by atoms with E-state index < -0.39 is 6.04 Å². The Kier molecular flexibility index (Phi) is 3.65. The fourth-order valence-corrected chi connectivity index (χ4v) is 2.25. The molecule has 1 aliphatic rings. The Morgan fingerprint density at radius 3 is 2.83 bits per heavy atom. The van der Waals surface area contributed by atoms with Crippen molar-refractivity contribution in [3.63, 3.8) is 0 Å². The number of guanidine groups is 1. The largest absolute Gasteiger partial charge is 0.354 e. The van der Waals surface area contributed by atoms with E-state index in [1.54, 1.807) is 6.07 Å². The molecule has 0 fully saturated rings. The van der Waals surface area contributed by atoms with E-state index in [9.17, 15) is 9.18 Å². The zero-order valence-corrected chi connectivity index (χ0v) is 11.6. The number of nitrogens with one attached hydrogen (secondary N) is 2. The van der Waals surface area contributed by atoms with Gasteiger partial charge in [-0.2, -0.15) is 0 Å². The van der Waals surface area contributed by atoms with Crippen LogP contribution in [0.25, 0.3) is 0 Å². The van der Waals surface area contributed by atoms with E-state index in [1.165, 1.54) is 12.1 Å². The lowest BCUT2D eigenvalue weighted by Crippen LogP contribution is -2.40. The molecule has 0 saturated heterocycles. The van der Waals surface area contributed by atoms with Crippen LogP contribution in [0.15, 0.2) is 27.7 Å².